The highest BCUT2D eigenvalue weighted by molar-refractivity contribution is 5.16. The van der Waals surface area contributed by atoms with Gasteiger partial charge in [-0.25, -0.2) is 0 Å². The Labute approximate surface area is 121 Å². The second-order valence-corrected chi connectivity index (χ2v) is 6.59. The third-order valence-electron chi connectivity index (χ3n) is 4.08. The molecular weight excluding hydrogens is 248 g/mol. The summed E-state index contributed by atoms with van der Waals surface area (Å²) in [7, 11) is 0. The molecule has 4 heteroatoms. The van der Waals surface area contributed by atoms with Crippen molar-refractivity contribution in [2.45, 2.75) is 57.7 Å². The van der Waals surface area contributed by atoms with Crippen molar-refractivity contribution in [1.82, 2.24) is 4.90 Å². The van der Waals surface area contributed by atoms with Crippen LogP contribution in [0.4, 0.5) is 0 Å². The van der Waals surface area contributed by atoms with Crippen LogP contribution in [0.3, 0.4) is 0 Å². The molecule has 1 aliphatic heterocycles. The maximum absolute atomic E-state index is 8.66. The second kappa shape index (κ2) is 6.29. The minimum atomic E-state index is 0.146. The summed E-state index contributed by atoms with van der Waals surface area (Å²) in [6.45, 7) is 7.79. The summed E-state index contributed by atoms with van der Waals surface area (Å²) in [6.07, 6.45) is 2.94. The van der Waals surface area contributed by atoms with E-state index < -0.39 is 0 Å². The molecule has 4 nitrogen and oxygen atoms in total. The van der Waals surface area contributed by atoms with E-state index >= 15 is 0 Å². The van der Waals surface area contributed by atoms with Crippen LogP contribution in [0.25, 0.3) is 10.4 Å². The minimum absolute atomic E-state index is 0.146. The van der Waals surface area contributed by atoms with Crippen LogP contribution < -0.4 is 0 Å². The fraction of sp³-hybridized carbons (Fsp3) is 0.625. The summed E-state index contributed by atoms with van der Waals surface area (Å²) in [5.74, 6) is 0. The van der Waals surface area contributed by atoms with Gasteiger partial charge in [0.25, 0.3) is 0 Å². The van der Waals surface area contributed by atoms with Crippen LogP contribution in [0, 0.1) is 0 Å². The van der Waals surface area contributed by atoms with E-state index in [-0.39, 0.29) is 11.6 Å². The van der Waals surface area contributed by atoms with Crippen molar-refractivity contribution in [2.75, 3.05) is 6.54 Å². The molecule has 2 unspecified atom stereocenters. The zero-order chi connectivity index (χ0) is 14.6. The lowest BCUT2D eigenvalue weighted by atomic mass is 9.88. The lowest BCUT2D eigenvalue weighted by Gasteiger charge is -2.46. The third-order valence-corrected chi connectivity index (χ3v) is 4.08. The molecular formula is C16H24N4. The molecule has 1 aromatic rings. The largest absolute Gasteiger partial charge is 0.295 e. The van der Waals surface area contributed by atoms with Crippen molar-refractivity contribution in [3.05, 3.63) is 46.3 Å². The Hall–Kier alpha value is -1.51. The van der Waals surface area contributed by atoms with Crippen molar-refractivity contribution in [1.29, 1.82) is 0 Å². The second-order valence-electron chi connectivity index (χ2n) is 6.59. The van der Waals surface area contributed by atoms with E-state index in [1.807, 2.05) is 0 Å². The average molecular weight is 272 g/mol. The first-order valence-corrected chi connectivity index (χ1v) is 7.35. The quantitative estimate of drug-likeness (QED) is 0.463. The van der Waals surface area contributed by atoms with E-state index in [2.05, 4.69) is 66.0 Å². The summed E-state index contributed by atoms with van der Waals surface area (Å²) in [4.78, 5) is 5.55. The smallest absolute Gasteiger partial charge is 0.0401 e. The lowest BCUT2D eigenvalue weighted by Crippen LogP contribution is -2.53. The number of piperidine rings is 1. The van der Waals surface area contributed by atoms with Gasteiger partial charge < -0.3 is 0 Å². The Morgan fingerprint density at radius 1 is 1.30 bits per heavy atom. The zero-order valence-electron chi connectivity index (χ0n) is 12.7. The normalized spacial score (nSPS) is 24.1. The molecule has 0 bridgehead atoms. The first kappa shape index (κ1) is 14.9. The van der Waals surface area contributed by atoms with Gasteiger partial charge in [0, 0.05) is 22.5 Å². The maximum atomic E-state index is 8.66. The highest BCUT2D eigenvalue weighted by Crippen LogP contribution is 2.29. The molecule has 2 rings (SSSR count). The molecule has 1 aromatic carbocycles. The number of hydrogen-bond acceptors (Lipinski definition) is 2. The van der Waals surface area contributed by atoms with Crippen molar-refractivity contribution in [3.8, 4) is 0 Å². The van der Waals surface area contributed by atoms with E-state index in [0.29, 0.717) is 6.04 Å². The Morgan fingerprint density at radius 3 is 2.60 bits per heavy atom. The topological polar surface area (TPSA) is 52.0 Å². The van der Waals surface area contributed by atoms with Crippen LogP contribution in [0.5, 0.6) is 0 Å². The molecule has 108 valence electrons. The third kappa shape index (κ3) is 3.75. The number of azide groups is 1. The SMILES string of the molecule is CC(C)(C)N1CCC(N=[N+]=[N-])CC1Cc1ccccc1. The number of benzene rings is 1. The van der Waals surface area contributed by atoms with Crippen molar-refractivity contribution >= 4 is 0 Å². The zero-order valence-corrected chi connectivity index (χ0v) is 12.7. The number of hydrogen-bond donors (Lipinski definition) is 0. The van der Waals surface area contributed by atoms with E-state index in [9.17, 15) is 0 Å². The van der Waals surface area contributed by atoms with E-state index in [1.54, 1.807) is 0 Å². The van der Waals surface area contributed by atoms with Gasteiger partial charge in [-0.05, 0) is 57.7 Å². The minimum Gasteiger partial charge on any atom is -0.295 e. The van der Waals surface area contributed by atoms with Crippen molar-refractivity contribution in [3.63, 3.8) is 0 Å². The number of rotatable bonds is 3. The molecule has 0 amide bonds. The predicted octanol–water partition coefficient (Wildman–Crippen LogP) is 4.17. The molecule has 0 saturated carbocycles. The van der Waals surface area contributed by atoms with Crippen LogP contribution in [-0.4, -0.2) is 29.1 Å². The Bertz CT molecular complexity index is 471. The molecule has 1 fully saturated rings. The Balaban J connectivity index is 2.15. The molecule has 20 heavy (non-hydrogen) atoms. The fourth-order valence-electron chi connectivity index (χ4n) is 3.17. The van der Waals surface area contributed by atoms with Crippen LogP contribution in [0.2, 0.25) is 0 Å². The molecule has 0 spiro atoms. The van der Waals surface area contributed by atoms with Gasteiger partial charge in [-0.3, -0.25) is 4.90 Å². The van der Waals surface area contributed by atoms with Crippen LogP contribution in [-0.2, 0) is 6.42 Å². The first-order chi connectivity index (χ1) is 9.50. The first-order valence-electron chi connectivity index (χ1n) is 7.35. The molecule has 0 aliphatic carbocycles. The van der Waals surface area contributed by atoms with Crippen LogP contribution in [0.1, 0.15) is 39.2 Å². The van der Waals surface area contributed by atoms with E-state index in [4.69, 9.17) is 5.53 Å². The molecule has 1 heterocycles. The summed E-state index contributed by atoms with van der Waals surface area (Å²) in [6, 6.07) is 11.2. The van der Waals surface area contributed by atoms with Gasteiger partial charge in [0.05, 0.1) is 0 Å². The van der Waals surface area contributed by atoms with Gasteiger partial charge in [0.2, 0.25) is 0 Å². The predicted molar refractivity (Wildman–Crippen MR) is 82.6 cm³/mol. The molecule has 1 saturated heterocycles. The summed E-state index contributed by atoms with van der Waals surface area (Å²) >= 11 is 0. The van der Waals surface area contributed by atoms with Crippen LogP contribution in [0.15, 0.2) is 35.4 Å². The van der Waals surface area contributed by atoms with Gasteiger partial charge in [-0.1, -0.05) is 35.4 Å². The Morgan fingerprint density at radius 2 is 2.00 bits per heavy atom. The summed E-state index contributed by atoms with van der Waals surface area (Å²) < 4.78 is 0. The van der Waals surface area contributed by atoms with E-state index in [0.717, 1.165) is 25.8 Å². The van der Waals surface area contributed by atoms with Gasteiger partial charge in [0.1, 0.15) is 0 Å². The highest BCUT2D eigenvalue weighted by Gasteiger charge is 2.34. The molecule has 0 aromatic heterocycles. The summed E-state index contributed by atoms with van der Waals surface area (Å²) in [5, 5.41) is 3.95. The monoisotopic (exact) mass is 272 g/mol. The molecule has 1 aliphatic rings. The van der Waals surface area contributed by atoms with Crippen molar-refractivity contribution in [2.24, 2.45) is 5.11 Å². The molecule has 0 N–H and O–H groups in total. The van der Waals surface area contributed by atoms with Gasteiger partial charge in [-0.15, -0.1) is 0 Å². The maximum Gasteiger partial charge on any atom is 0.0401 e. The highest BCUT2D eigenvalue weighted by atomic mass is 15.2. The van der Waals surface area contributed by atoms with Gasteiger partial charge in [-0.2, -0.15) is 0 Å². The standard InChI is InChI=1S/C16H24N4/c1-16(2,3)20-10-9-14(18-19-17)12-15(20)11-13-7-5-4-6-8-13/h4-8,14-15H,9-12H2,1-3H3. The van der Waals surface area contributed by atoms with Gasteiger partial charge in [0.15, 0.2) is 0 Å². The molecule has 0 radical (unpaired) electrons. The Kier molecular flexibility index (Phi) is 4.69. The number of nitrogens with zero attached hydrogens (tertiary/aromatic N) is 4. The summed E-state index contributed by atoms with van der Waals surface area (Å²) in [5.41, 5.74) is 10.2. The lowest BCUT2D eigenvalue weighted by molar-refractivity contribution is 0.0447. The fourth-order valence-corrected chi connectivity index (χ4v) is 3.17. The molecule has 2 atom stereocenters. The van der Waals surface area contributed by atoms with E-state index in [1.165, 1.54) is 5.56 Å². The van der Waals surface area contributed by atoms with Gasteiger partial charge >= 0.3 is 0 Å². The number of likely N-dealkylation sites (tertiary alicyclic amines) is 1. The average Bonchev–Trinajstić information content (AvgIpc) is 2.39. The van der Waals surface area contributed by atoms with Crippen molar-refractivity contribution < 1.29 is 0 Å². The van der Waals surface area contributed by atoms with Crippen LogP contribution >= 0.6 is 0 Å².